The van der Waals surface area contributed by atoms with Gasteiger partial charge in [-0.1, -0.05) is 0 Å². The van der Waals surface area contributed by atoms with Gasteiger partial charge in [0, 0.05) is 37.8 Å². The van der Waals surface area contributed by atoms with Gasteiger partial charge in [-0.05, 0) is 19.1 Å². The Morgan fingerprint density at radius 1 is 1.14 bits per heavy atom. The number of likely N-dealkylation sites (tertiary alicyclic amines) is 1. The zero-order chi connectivity index (χ0) is 20.3. The molecule has 2 fully saturated rings. The molecule has 0 aromatic heterocycles. The minimum Gasteiger partial charge on any atom is -0.497 e. The van der Waals surface area contributed by atoms with Crippen LogP contribution in [0.2, 0.25) is 0 Å². The van der Waals surface area contributed by atoms with E-state index in [4.69, 9.17) is 14.2 Å². The van der Waals surface area contributed by atoms with Gasteiger partial charge in [0.2, 0.25) is 5.78 Å². The molecule has 2 aliphatic rings. The Kier molecular flexibility index (Phi) is 6.31. The van der Waals surface area contributed by atoms with E-state index in [1.165, 1.54) is 18.9 Å². The van der Waals surface area contributed by atoms with Crippen molar-refractivity contribution in [2.24, 2.45) is 5.92 Å². The molecule has 1 aromatic carbocycles. The molecule has 0 radical (unpaired) electrons. The third kappa shape index (κ3) is 3.88. The number of nitrogens with zero attached hydrogens (tertiary/aromatic N) is 2. The second kappa shape index (κ2) is 8.70. The molecule has 0 spiro atoms. The van der Waals surface area contributed by atoms with Crippen molar-refractivity contribution in [2.75, 3.05) is 53.6 Å². The van der Waals surface area contributed by atoms with Crippen LogP contribution in [-0.2, 0) is 19.1 Å². The van der Waals surface area contributed by atoms with Crippen LogP contribution in [0.25, 0.3) is 0 Å². The molecule has 28 heavy (non-hydrogen) atoms. The second-order valence-corrected chi connectivity index (χ2v) is 6.96. The summed E-state index contributed by atoms with van der Waals surface area (Å²) in [7, 11) is 3.06. The fourth-order valence-corrected chi connectivity index (χ4v) is 3.86. The van der Waals surface area contributed by atoms with E-state index in [9.17, 15) is 14.4 Å². The topological polar surface area (TPSA) is 85.4 Å². The van der Waals surface area contributed by atoms with Crippen molar-refractivity contribution in [3.8, 4) is 11.5 Å². The van der Waals surface area contributed by atoms with Gasteiger partial charge in [-0.2, -0.15) is 0 Å². The highest BCUT2D eigenvalue weighted by Crippen LogP contribution is 2.41. The third-order valence-corrected chi connectivity index (χ3v) is 5.36. The number of morpholine rings is 1. The molecule has 0 aliphatic carbocycles. The summed E-state index contributed by atoms with van der Waals surface area (Å²) in [5.41, 5.74) is 0.629. The maximum absolute atomic E-state index is 12.7. The SMILES string of the molecule is COc1ccc(C2C(C(C)=O)C(=O)C(=O)N2CCN2CCOCC2)c(OC)c1. The minimum absolute atomic E-state index is 0.324. The first-order valence-electron chi connectivity index (χ1n) is 9.35. The van der Waals surface area contributed by atoms with E-state index in [1.807, 2.05) is 0 Å². The summed E-state index contributed by atoms with van der Waals surface area (Å²) in [4.78, 5) is 41.3. The normalized spacial score (nSPS) is 23.2. The maximum atomic E-state index is 12.7. The Bertz CT molecular complexity index is 759. The van der Waals surface area contributed by atoms with Crippen molar-refractivity contribution in [1.29, 1.82) is 0 Å². The van der Waals surface area contributed by atoms with Crippen LogP contribution in [0.15, 0.2) is 18.2 Å². The van der Waals surface area contributed by atoms with Crippen molar-refractivity contribution >= 4 is 17.5 Å². The predicted octanol–water partition coefficient (Wildman–Crippen LogP) is 0.694. The Morgan fingerprint density at radius 2 is 1.86 bits per heavy atom. The number of hydrogen-bond donors (Lipinski definition) is 0. The highest BCUT2D eigenvalue weighted by Gasteiger charge is 2.51. The highest BCUT2D eigenvalue weighted by atomic mass is 16.5. The fourth-order valence-electron chi connectivity index (χ4n) is 3.86. The minimum atomic E-state index is -1.03. The Labute approximate surface area is 164 Å². The summed E-state index contributed by atoms with van der Waals surface area (Å²) in [6.07, 6.45) is 0. The van der Waals surface area contributed by atoms with Gasteiger partial charge in [0.05, 0.1) is 33.5 Å². The molecule has 0 saturated carbocycles. The largest absolute Gasteiger partial charge is 0.497 e. The number of carbonyl (C=O) groups is 3. The number of benzene rings is 1. The molecule has 2 unspecified atom stereocenters. The van der Waals surface area contributed by atoms with Crippen LogP contribution in [-0.4, -0.2) is 80.9 Å². The van der Waals surface area contributed by atoms with Crippen LogP contribution in [0.1, 0.15) is 18.5 Å². The van der Waals surface area contributed by atoms with Gasteiger partial charge in [0.15, 0.2) is 0 Å². The van der Waals surface area contributed by atoms with E-state index in [1.54, 1.807) is 25.3 Å². The van der Waals surface area contributed by atoms with Crippen LogP contribution in [0.4, 0.5) is 0 Å². The molecular formula is C20H26N2O6. The van der Waals surface area contributed by atoms with Gasteiger partial charge in [-0.25, -0.2) is 0 Å². The zero-order valence-electron chi connectivity index (χ0n) is 16.5. The molecule has 0 N–H and O–H groups in total. The first-order valence-corrected chi connectivity index (χ1v) is 9.35. The molecule has 2 saturated heterocycles. The predicted molar refractivity (Wildman–Crippen MR) is 100 cm³/mol. The molecule has 1 aromatic rings. The zero-order valence-corrected chi connectivity index (χ0v) is 16.5. The van der Waals surface area contributed by atoms with Gasteiger partial charge in [0.25, 0.3) is 5.91 Å². The van der Waals surface area contributed by atoms with Gasteiger partial charge in [-0.3, -0.25) is 19.3 Å². The lowest BCUT2D eigenvalue weighted by molar-refractivity contribution is -0.142. The van der Waals surface area contributed by atoms with Crippen molar-refractivity contribution in [1.82, 2.24) is 9.80 Å². The van der Waals surface area contributed by atoms with Gasteiger partial charge in [-0.15, -0.1) is 0 Å². The molecule has 152 valence electrons. The summed E-state index contributed by atoms with van der Waals surface area (Å²) in [6, 6.07) is 4.51. The smallest absolute Gasteiger partial charge is 0.291 e. The molecule has 0 bridgehead atoms. The van der Waals surface area contributed by atoms with Crippen molar-refractivity contribution in [2.45, 2.75) is 13.0 Å². The summed E-state index contributed by atoms with van der Waals surface area (Å²) in [6.45, 7) is 5.18. The monoisotopic (exact) mass is 390 g/mol. The van der Waals surface area contributed by atoms with Crippen molar-refractivity contribution < 1.29 is 28.6 Å². The average Bonchev–Trinajstić information content (AvgIpc) is 2.97. The van der Waals surface area contributed by atoms with Gasteiger partial charge < -0.3 is 19.1 Å². The van der Waals surface area contributed by atoms with E-state index < -0.39 is 23.7 Å². The van der Waals surface area contributed by atoms with E-state index in [2.05, 4.69) is 4.90 Å². The second-order valence-electron chi connectivity index (χ2n) is 6.96. The lowest BCUT2D eigenvalue weighted by Crippen LogP contribution is -2.42. The Morgan fingerprint density at radius 3 is 2.46 bits per heavy atom. The number of rotatable bonds is 7. The quantitative estimate of drug-likeness (QED) is 0.500. The van der Waals surface area contributed by atoms with Crippen LogP contribution in [0.3, 0.4) is 0 Å². The summed E-state index contributed by atoms with van der Waals surface area (Å²) in [5, 5.41) is 0. The Balaban J connectivity index is 1.93. The average molecular weight is 390 g/mol. The third-order valence-electron chi connectivity index (χ3n) is 5.36. The van der Waals surface area contributed by atoms with Crippen LogP contribution in [0.5, 0.6) is 11.5 Å². The summed E-state index contributed by atoms with van der Waals surface area (Å²) >= 11 is 0. The first-order chi connectivity index (χ1) is 13.5. The molecule has 8 heteroatoms. The highest BCUT2D eigenvalue weighted by molar-refractivity contribution is 6.42. The number of ketones is 2. The molecule has 3 rings (SSSR count). The van der Waals surface area contributed by atoms with Crippen LogP contribution < -0.4 is 9.47 Å². The standard InChI is InChI=1S/C20H26N2O6/c1-13(23)17-18(15-5-4-14(26-2)12-16(15)27-3)22(20(25)19(17)24)7-6-21-8-10-28-11-9-21/h4-5,12,17-18H,6-11H2,1-3H3. The molecule has 1 amide bonds. The number of ether oxygens (including phenoxy) is 3. The number of methoxy groups -OCH3 is 2. The van der Waals surface area contributed by atoms with Crippen molar-refractivity contribution in [3.63, 3.8) is 0 Å². The van der Waals surface area contributed by atoms with Crippen LogP contribution in [0, 0.1) is 5.92 Å². The number of Topliss-reactive ketones (excluding diaryl/α,β-unsaturated/α-hetero) is 2. The first kappa shape index (κ1) is 20.3. The molecule has 2 atom stereocenters. The molecule has 2 aliphatic heterocycles. The van der Waals surface area contributed by atoms with E-state index in [0.29, 0.717) is 43.4 Å². The van der Waals surface area contributed by atoms with E-state index >= 15 is 0 Å². The van der Waals surface area contributed by atoms with Gasteiger partial charge in [0.1, 0.15) is 23.2 Å². The van der Waals surface area contributed by atoms with Gasteiger partial charge >= 0.3 is 0 Å². The molecule has 2 heterocycles. The number of hydrogen-bond acceptors (Lipinski definition) is 7. The lowest BCUT2D eigenvalue weighted by Gasteiger charge is -2.32. The summed E-state index contributed by atoms with van der Waals surface area (Å²) < 4.78 is 16.1. The molecular weight excluding hydrogens is 364 g/mol. The Hall–Kier alpha value is -2.45. The van der Waals surface area contributed by atoms with E-state index in [0.717, 1.165) is 13.1 Å². The van der Waals surface area contributed by atoms with Crippen LogP contribution >= 0.6 is 0 Å². The lowest BCUT2D eigenvalue weighted by atomic mass is 9.89. The molecule has 8 nitrogen and oxygen atoms in total. The number of amides is 1. The van der Waals surface area contributed by atoms with E-state index in [-0.39, 0.29) is 5.78 Å². The maximum Gasteiger partial charge on any atom is 0.291 e. The number of carbonyl (C=O) groups excluding carboxylic acids is 3. The fraction of sp³-hybridized carbons (Fsp3) is 0.550. The van der Waals surface area contributed by atoms with Crippen molar-refractivity contribution in [3.05, 3.63) is 23.8 Å². The summed E-state index contributed by atoms with van der Waals surface area (Å²) in [5.74, 6) is -1.55.